The molecule has 0 spiro atoms. The first-order valence-corrected chi connectivity index (χ1v) is 6.92. The van der Waals surface area contributed by atoms with E-state index in [0.717, 1.165) is 17.0 Å². The summed E-state index contributed by atoms with van der Waals surface area (Å²) in [5.41, 5.74) is 0.831. The van der Waals surface area contributed by atoms with E-state index in [-0.39, 0.29) is 23.5 Å². The van der Waals surface area contributed by atoms with Gasteiger partial charge >= 0.3 is 0 Å². The largest absolute Gasteiger partial charge is 0.356 e. The summed E-state index contributed by atoms with van der Waals surface area (Å²) in [6.07, 6.45) is 1.13. The number of thioether (sulfide) groups is 1. The molecular weight excluding hydrogens is 248 g/mol. The van der Waals surface area contributed by atoms with Crippen molar-refractivity contribution in [1.82, 2.24) is 5.32 Å². The molecule has 0 fully saturated rings. The Kier molecular flexibility index (Phi) is 4.25. The molecule has 4 nitrogen and oxygen atoms in total. The molecule has 0 aliphatic carbocycles. The van der Waals surface area contributed by atoms with Crippen molar-refractivity contribution >= 4 is 29.3 Å². The highest BCUT2D eigenvalue weighted by atomic mass is 32.2. The SMILES string of the molecule is CCCNC(=O)C[C@@H]1Sc2ccccc2NC1=O. The van der Waals surface area contributed by atoms with E-state index >= 15 is 0 Å². The fourth-order valence-electron chi connectivity index (χ4n) is 1.73. The van der Waals surface area contributed by atoms with Gasteiger partial charge in [0.2, 0.25) is 11.8 Å². The molecule has 1 heterocycles. The summed E-state index contributed by atoms with van der Waals surface area (Å²) in [7, 11) is 0. The highest BCUT2D eigenvalue weighted by Gasteiger charge is 2.28. The Labute approximate surface area is 111 Å². The summed E-state index contributed by atoms with van der Waals surface area (Å²) < 4.78 is 0. The van der Waals surface area contributed by atoms with Crippen molar-refractivity contribution in [2.75, 3.05) is 11.9 Å². The minimum atomic E-state index is -0.336. The van der Waals surface area contributed by atoms with E-state index in [4.69, 9.17) is 0 Å². The summed E-state index contributed by atoms with van der Waals surface area (Å²) in [6.45, 7) is 2.66. The molecule has 1 aromatic carbocycles. The summed E-state index contributed by atoms with van der Waals surface area (Å²) in [5.74, 6) is -0.158. The second-order valence-electron chi connectivity index (χ2n) is 4.15. The maximum absolute atomic E-state index is 11.9. The molecule has 2 N–H and O–H groups in total. The molecule has 1 aromatic rings. The van der Waals surface area contributed by atoms with Gasteiger partial charge < -0.3 is 10.6 Å². The third kappa shape index (κ3) is 3.04. The zero-order chi connectivity index (χ0) is 13.0. The number of amides is 2. The lowest BCUT2D eigenvalue weighted by atomic mass is 10.2. The number of para-hydroxylation sites is 1. The smallest absolute Gasteiger partial charge is 0.238 e. The number of hydrogen-bond donors (Lipinski definition) is 2. The van der Waals surface area contributed by atoms with Crippen LogP contribution < -0.4 is 10.6 Å². The quantitative estimate of drug-likeness (QED) is 0.874. The van der Waals surface area contributed by atoms with Crippen LogP contribution in [-0.2, 0) is 9.59 Å². The first-order valence-electron chi connectivity index (χ1n) is 6.04. The maximum atomic E-state index is 11.9. The van der Waals surface area contributed by atoms with Crippen molar-refractivity contribution in [3.63, 3.8) is 0 Å². The van der Waals surface area contributed by atoms with Crippen LogP contribution >= 0.6 is 11.8 Å². The Balaban J connectivity index is 1.99. The van der Waals surface area contributed by atoms with E-state index in [1.54, 1.807) is 0 Å². The van der Waals surface area contributed by atoms with E-state index in [9.17, 15) is 9.59 Å². The number of fused-ring (bicyclic) bond motifs is 1. The van der Waals surface area contributed by atoms with Crippen molar-refractivity contribution in [2.45, 2.75) is 29.9 Å². The predicted molar refractivity (Wildman–Crippen MR) is 72.6 cm³/mol. The van der Waals surface area contributed by atoms with Gasteiger partial charge in [0, 0.05) is 17.9 Å². The number of carbonyl (C=O) groups excluding carboxylic acids is 2. The van der Waals surface area contributed by atoms with E-state index in [2.05, 4.69) is 10.6 Å². The second kappa shape index (κ2) is 5.91. The Bertz CT molecular complexity index is 462. The van der Waals surface area contributed by atoms with Crippen LogP contribution in [0.3, 0.4) is 0 Å². The Morgan fingerprint density at radius 3 is 3.00 bits per heavy atom. The topological polar surface area (TPSA) is 58.2 Å². The number of rotatable bonds is 4. The van der Waals surface area contributed by atoms with Crippen LogP contribution in [0, 0.1) is 0 Å². The van der Waals surface area contributed by atoms with Gasteiger partial charge in [-0.3, -0.25) is 9.59 Å². The minimum absolute atomic E-state index is 0.0659. The first-order chi connectivity index (χ1) is 8.70. The molecule has 0 unspecified atom stereocenters. The van der Waals surface area contributed by atoms with E-state index < -0.39 is 0 Å². The van der Waals surface area contributed by atoms with Crippen LogP contribution in [0.5, 0.6) is 0 Å². The van der Waals surface area contributed by atoms with Crippen LogP contribution in [0.1, 0.15) is 19.8 Å². The number of nitrogens with one attached hydrogen (secondary N) is 2. The normalized spacial score (nSPS) is 17.8. The minimum Gasteiger partial charge on any atom is -0.356 e. The molecule has 1 atom stereocenters. The van der Waals surface area contributed by atoms with Crippen LogP contribution in [0.15, 0.2) is 29.2 Å². The van der Waals surface area contributed by atoms with E-state index in [1.165, 1.54) is 11.8 Å². The van der Waals surface area contributed by atoms with Gasteiger partial charge in [-0.15, -0.1) is 11.8 Å². The number of hydrogen-bond acceptors (Lipinski definition) is 3. The molecular formula is C13H16N2O2S. The van der Waals surface area contributed by atoms with E-state index in [1.807, 2.05) is 31.2 Å². The van der Waals surface area contributed by atoms with Gasteiger partial charge in [-0.25, -0.2) is 0 Å². The van der Waals surface area contributed by atoms with Crippen LogP contribution in [0.25, 0.3) is 0 Å². The fourth-order valence-corrected chi connectivity index (χ4v) is 2.84. The zero-order valence-electron chi connectivity index (χ0n) is 10.2. The lowest BCUT2D eigenvalue weighted by Crippen LogP contribution is -2.35. The fraction of sp³-hybridized carbons (Fsp3) is 0.385. The number of benzene rings is 1. The first kappa shape index (κ1) is 13.0. The average molecular weight is 264 g/mol. The third-order valence-corrected chi connectivity index (χ3v) is 3.92. The van der Waals surface area contributed by atoms with Crippen molar-refractivity contribution in [3.05, 3.63) is 24.3 Å². The monoisotopic (exact) mass is 264 g/mol. The zero-order valence-corrected chi connectivity index (χ0v) is 11.0. The van der Waals surface area contributed by atoms with Crippen molar-refractivity contribution in [3.8, 4) is 0 Å². The lowest BCUT2D eigenvalue weighted by molar-refractivity contribution is -0.124. The van der Waals surface area contributed by atoms with Crippen LogP contribution in [-0.4, -0.2) is 23.6 Å². The molecule has 1 aliphatic rings. The van der Waals surface area contributed by atoms with Gasteiger partial charge in [0.1, 0.15) is 0 Å². The molecule has 0 aromatic heterocycles. The van der Waals surface area contributed by atoms with Gasteiger partial charge in [0.25, 0.3) is 0 Å². The molecule has 96 valence electrons. The number of carbonyl (C=O) groups is 2. The molecule has 2 amide bonds. The lowest BCUT2D eigenvalue weighted by Gasteiger charge is -2.23. The van der Waals surface area contributed by atoms with Gasteiger partial charge in [-0.1, -0.05) is 19.1 Å². The van der Waals surface area contributed by atoms with Crippen molar-refractivity contribution in [1.29, 1.82) is 0 Å². The number of anilines is 1. The van der Waals surface area contributed by atoms with Gasteiger partial charge in [0.05, 0.1) is 10.9 Å². The van der Waals surface area contributed by atoms with Crippen molar-refractivity contribution in [2.24, 2.45) is 0 Å². The summed E-state index contributed by atoms with van der Waals surface area (Å²) in [5, 5.41) is 5.29. The summed E-state index contributed by atoms with van der Waals surface area (Å²) >= 11 is 1.45. The van der Waals surface area contributed by atoms with E-state index in [0.29, 0.717) is 6.54 Å². The average Bonchev–Trinajstić information content (AvgIpc) is 2.37. The highest BCUT2D eigenvalue weighted by molar-refractivity contribution is 8.01. The van der Waals surface area contributed by atoms with Crippen molar-refractivity contribution < 1.29 is 9.59 Å². The molecule has 0 radical (unpaired) electrons. The predicted octanol–water partition coefficient (Wildman–Crippen LogP) is 2.02. The third-order valence-electron chi connectivity index (χ3n) is 2.65. The van der Waals surface area contributed by atoms with Gasteiger partial charge in [0.15, 0.2) is 0 Å². The Morgan fingerprint density at radius 2 is 2.22 bits per heavy atom. The van der Waals surface area contributed by atoms with Crippen LogP contribution in [0.2, 0.25) is 0 Å². The second-order valence-corrected chi connectivity index (χ2v) is 5.39. The molecule has 1 aliphatic heterocycles. The van der Waals surface area contributed by atoms with Crippen LogP contribution in [0.4, 0.5) is 5.69 Å². The molecule has 0 saturated carbocycles. The molecule has 18 heavy (non-hydrogen) atoms. The van der Waals surface area contributed by atoms with Gasteiger partial charge in [-0.2, -0.15) is 0 Å². The standard InChI is InChI=1S/C13H16N2O2S/c1-2-7-14-12(16)8-11-13(17)15-9-5-3-4-6-10(9)18-11/h3-6,11H,2,7-8H2,1H3,(H,14,16)(H,15,17)/t11-/m0/s1. The Hall–Kier alpha value is -1.49. The summed E-state index contributed by atoms with van der Waals surface area (Å²) in [4.78, 5) is 24.5. The molecule has 0 bridgehead atoms. The Morgan fingerprint density at radius 1 is 1.44 bits per heavy atom. The maximum Gasteiger partial charge on any atom is 0.238 e. The van der Waals surface area contributed by atoms with Gasteiger partial charge in [-0.05, 0) is 18.6 Å². The molecule has 5 heteroatoms. The molecule has 0 saturated heterocycles. The summed E-state index contributed by atoms with van der Waals surface area (Å²) in [6, 6.07) is 7.63. The highest BCUT2D eigenvalue weighted by Crippen LogP contribution is 2.36. The molecule has 2 rings (SSSR count).